The van der Waals surface area contributed by atoms with Gasteiger partial charge in [-0.3, -0.25) is 9.59 Å². The molecule has 33 heavy (non-hydrogen) atoms. The zero-order valence-electron chi connectivity index (χ0n) is 18.6. The molecular weight excluding hydrogens is 422 g/mol. The molecule has 1 fully saturated rings. The Bertz CT molecular complexity index is 1240. The summed E-state index contributed by atoms with van der Waals surface area (Å²) in [5, 5.41) is 3.26. The van der Waals surface area contributed by atoms with E-state index in [1.165, 1.54) is 6.42 Å². The number of ether oxygens (including phenoxy) is 2. The van der Waals surface area contributed by atoms with Crippen molar-refractivity contribution < 1.29 is 23.5 Å². The molecule has 6 rings (SSSR count). The van der Waals surface area contributed by atoms with Crippen LogP contribution >= 0.6 is 0 Å². The van der Waals surface area contributed by atoms with E-state index in [0.29, 0.717) is 29.3 Å². The lowest BCUT2D eigenvalue weighted by atomic mass is 9.91. The zero-order valence-corrected chi connectivity index (χ0v) is 18.6. The minimum absolute atomic E-state index is 0.112. The molecule has 3 aromatic rings. The molecule has 0 saturated heterocycles. The van der Waals surface area contributed by atoms with Gasteiger partial charge in [-0.05, 0) is 37.5 Å². The van der Waals surface area contributed by atoms with Crippen LogP contribution in [0.25, 0.3) is 11.1 Å². The molecule has 2 aromatic heterocycles. The smallest absolute Gasteiger partial charge is 0.271 e. The van der Waals surface area contributed by atoms with Crippen LogP contribution in [0.1, 0.15) is 55.1 Å². The summed E-state index contributed by atoms with van der Waals surface area (Å²) in [5.74, 6) is 1.05. The quantitative estimate of drug-likeness (QED) is 0.654. The predicted molar refractivity (Wildman–Crippen MR) is 120 cm³/mol. The van der Waals surface area contributed by atoms with Crippen molar-refractivity contribution in [2.75, 3.05) is 6.79 Å². The molecule has 1 N–H and O–H groups in total. The molecule has 0 radical (unpaired) electrons. The van der Waals surface area contributed by atoms with Gasteiger partial charge in [0.15, 0.2) is 17.1 Å². The highest BCUT2D eigenvalue weighted by molar-refractivity contribution is 6.02. The van der Waals surface area contributed by atoms with Crippen molar-refractivity contribution in [2.24, 2.45) is 0 Å². The third-order valence-electron chi connectivity index (χ3n) is 7.26. The number of amides is 2. The number of hydrogen-bond donors (Lipinski definition) is 1. The number of nitrogens with one attached hydrogen (secondary N) is 1. The van der Waals surface area contributed by atoms with Gasteiger partial charge in [-0.25, -0.2) is 0 Å². The number of carbonyl (C=O) groups excluding carboxylic acids is 2. The fraction of sp³-hybridized carbons (Fsp3) is 0.440. The Kier molecular flexibility index (Phi) is 4.64. The molecule has 0 spiro atoms. The third-order valence-corrected chi connectivity index (χ3v) is 7.26. The first-order chi connectivity index (χ1) is 16.0. The maximum absolute atomic E-state index is 13.8. The molecule has 8 nitrogen and oxygen atoms in total. The molecule has 4 heterocycles. The summed E-state index contributed by atoms with van der Waals surface area (Å²) in [6.07, 6.45) is 7.04. The van der Waals surface area contributed by atoms with Crippen LogP contribution in [0.2, 0.25) is 0 Å². The van der Waals surface area contributed by atoms with Gasteiger partial charge in [-0.2, -0.15) is 0 Å². The molecule has 1 aliphatic carbocycles. The summed E-state index contributed by atoms with van der Waals surface area (Å²) >= 11 is 0. The SMILES string of the molecule is C[C@]1(C(=O)NC2CCCCC2)Cn2c(cc3occc32)C(=O)N1Cc1ccc2c(c1)OCO2. The van der Waals surface area contributed by atoms with Crippen LogP contribution < -0.4 is 14.8 Å². The van der Waals surface area contributed by atoms with E-state index in [0.717, 1.165) is 36.8 Å². The highest BCUT2D eigenvalue weighted by Gasteiger charge is 2.48. The predicted octanol–water partition coefficient (Wildman–Crippen LogP) is 3.83. The molecule has 2 amide bonds. The van der Waals surface area contributed by atoms with Gasteiger partial charge in [0.2, 0.25) is 12.7 Å². The average molecular weight is 450 g/mol. The van der Waals surface area contributed by atoms with E-state index < -0.39 is 5.54 Å². The van der Waals surface area contributed by atoms with Crippen molar-refractivity contribution in [3.8, 4) is 11.5 Å². The van der Waals surface area contributed by atoms with E-state index in [1.807, 2.05) is 35.8 Å². The summed E-state index contributed by atoms with van der Waals surface area (Å²) < 4.78 is 18.4. The number of carbonyl (C=O) groups is 2. The van der Waals surface area contributed by atoms with E-state index >= 15 is 0 Å². The molecular formula is C25H27N3O5. The van der Waals surface area contributed by atoms with Crippen LogP contribution in [-0.2, 0) is 17.9 Å². The van der Waals surface area contributed by atoms with E-state index in [-0.39, 0.29) is 31.2 Å². The highest BCUT2D eigenvalue weighted by Crippen LogP contribution is 2.37. The highest BCUT2D eigenvalue weighted by atomic mass is 16.7. The number of benzene rings is 1. The Morgan fingerprint density at radius 2 is 1.94 bits per heavy atom. The number of rotatable bonds is 4. The largest absolute Gasteiger partial charge is 0.463 e. The molecule has 1 aromatic carbocycles. The normalized spacial score (nSPS) is 22.6. The lowest BCUT2D eigenvalue weighted by Crippen LogP contribution is -2.64. The Morgan fingerprint density at radius 3 is 2.79 bits per heavy atom. The van der Waals surface area contributed by atoms with Crippen molar-refractivity contribution >= 4 is 22.9 Å². The fourth-order valence-electron chi connectivity index (χ4n) is 5.33. The molecule has 172 valence electrons. The van der Waals surface area contributed by atoms with Gasteiger partial charge in [0, 0.05) is 24.7 Å². The van der Waals surface area contributed by atoms with Gasteiger partial charge < -0.3 is 28.7 Å². The Labute approximate surface area is 191 Å². The molecule has 0 unspecified atom stereocenters. The average Bonchev–Trinajstić information content (AvgIpc) is 3.54. The number of hydrogen-bond acceptors (Lipinski definition) is 5. The minimum Gasteiger partial charge on any atom is -0.463 e. The fourth-order valence-corrected chi connectivity index (χ4v) is 5.33. The lowest BCUT2D eigenvalue weighted by molar-refractivity contribution is -0.134. The Morgan fingerprint density at radius 1 is 1.12 bits per heavy atom. The number of nitrogens with zero attached hydrogens (tertiary/aromatic N) is 2. The van der Waals surface area contributed by atoms with Crippen molar-refractivity contribution in [1.29, 1.82) is 0 Å². The van der Waals surface area contributed by atoms with Crippen molar-refractivity contribution in [1.82, 2.24) is 14.8 Å². The van der Waals surface area contributed by atoms with Gasteiger partial charge in [0.25, 0.3) is 5.91 Å². The van der Waals surface area contributed by atoms with Gasteiger partial charge in [-0.15, -0.1) is 0 Å². The number of furan rings is 1. The first-order valence-corrected chi connectivity index (χ1v) is 11.6. The first kappa shape index (κ1) is 20.2. The van der Waals surface area contributed by atoms with Crippen LogP contribution in [0.5, 0.6) is 11.5 Å². The van der Waals surface area contributed by atoms with E-state index in [4.69, 9.17) is 13.9 Å². The van der Waals surface area contributed by atoms with Gasteiger partial charge in [-0.1, -0.05) is 25.3 Å². The second-order valence-electron chi connectivity index (χ2n) is 9.45. The second-order valence-corrected chi connectivity index (χ2v) is 9.45. The standard InChI is InChI=1S/C25H27N3O5/c1-25(24(30)26-17-5-3-2-4-6-17)14-27-18-9-10-31-21(18)12-19(27)23(29)28(25)13-16-7-8-20-22(11-16)33-15-32-20/h7-12,17H,2-6,13-15H2,1H3,(H,26,30)/t25-/m1/s1. The molecule has 0 bridgehead atoms. The summed E-state index contributed by atoms with van der Waals surface area (Å²) in [6.45, 7) is 2.71. The van der Waals surface area contributed by atoms with Crippen LogP contribution in [0.4, 0.5) is 0 Å². The molecule has 2 aliphatic heterocycles. The minimum atomic E-state index is -1.05. The Balaban J connectivity index is 1.37. The van der Waals surface area contributed by atoms with Crippen molar-refractivity contribution in [3.63, 3.8) is 0 Å². The van der Waals surface area contributed by atoms with Crippen LogP contribution in [0, 0.1) is 0 Å². The third kappa shape index (κ3) is 3.27. The van der Waals surface area contributed by atoms with Gasteiger partial charge in [0.1, 0.15) is 11.2 Å². The first-order valence-electron chi connectivity index (χ1n) is 11.6. The second kappa shape index (κ2) is 7.57. The summed E-state index contributed by atoms with van der Waals surface area (Å²) in [4.78, 5) is 29.2. The van der Waals surface area contributed by atoms with Crippen molar-refractivity contribution in [2.45, 2.75) is 63.7 Å². The van der Waals surface area contributed by atoms with Crippen LogP contribution in [0.15, 0.2) is 41.0 Å². The Hall–Kier alpha value is -3.42. The monoisotopic (exact) mass is 449 g/mol. The maximum atomic E-state index is 13.8. The van der Waals surface area contributed by atoms with E-state index in [1.54, 1.807) is 17.2 Å². The molecule has 3 aliphatic rings. The summed E-state index contributed by atoms with van der Waals surface area (Å²) in [5.41, 5.74) is 1.85. The summed E-state index contributed by atoms with van der Waals surface area (Å²) in [6, 6.07) is 9.42. The molecule has 1 atom stereocenters. The lowest BCUT2D eigenvalue weighted by Gasteiger charge is -2.44. The van der Waals surface area contributed by atoms with Crippen LogP contribution in [-0.4, -0.2) is 39.7 Å². The zero-order chi connectivity index (χ0) is 22.6. The van der Waals surface area contributed by atoms with Gasteiger partial charge >= 0.3 is 0 Å². The number of aromatic nitrogens is 1. The van der Waals surface area contributed by atoms with Gasteiger partial charge in [0.05, 0.1) is 18.3 Å². The summed E-state index contributed by atoms with van der Waals surface area (Å²) in [7, 11) is 0. The van der Waals surface area contributed by atoms with E-state index in [2.05, 4.69) is 5.32 Å². The van der Waals surface area contributed by atoms with Crippen LogP contribution in [0.3, 0.4) is 0 Å². The molecule has 8 heteroatoms. The number of fused-ring (bicyclic) bond motifs is 4. The maximum Gasteiger partial charge on any atom is 0.271 e. The van der Waals surface area contributed by atoms with Crippen molar-refractivity contribution in [3.05, 3.63) is 47.9 Å². The molecule has 1 saturated carbocycles. The van der Waals surface area contributed by atoms with E-state index in [9.17, 15) is 9.59 Å². The topological polar surface area (TPSA) is 85.9 Å².